The van der Waals surface area contributed by atoms with Gasteiger partial charge in [-0.05, 0) is 6.42 Å². The zero-order chi connectivity index (χ0) is 6.24. The molecule has 0 aromatic rings. The molecule has 0 aromatic carbocycles. The Morgan fingerprint density at radius 2 is 2.38 bits per heavy atom. The molecule has 0 aliphatic carbocycles. The van der Waals surface area contributed by atoms with Crippen molar-refractivity contribution in [2.75, 3.05) is 0 Å². The van der Waals surface area contributed by atoms with Gasteiger partial charge in [-0.1, -0.05) is 25.8 Å². The van der Waals surface area contributed by atoms with E-state index in [0.717, 1.165) is 19.3 Å². The van der Waals surface area contributed by atoms with E-state index in [4.69, 9.17) is 0 Å². The van der Waals surface area contributed by atoms with Crippen LogP contribution in [0.2, 0.25) is 0 Å². The van der Waals surface area contributed by atoms with Gasteiger partial charge in [0.2, 0.25) is 0 Å². The number of hydrogen-bond donors (Lipinski definition) is 1. The summed E-state index contributed by atoms with van der Waals surface area (Å²) in [4.78, 5) is 0. The van der Waals surface area contributed by atoms with E-state index < -0.39 is 0 Å². The summed E-state index contributed by atoms with van der Waals surface area (Å²) in [5, 5.41) is 0. The van der Waals surface area contributed by atoms with Gasteiger partial charge in [0, 0.05) is 6.20 Å². The molecule has 48 valence electrons. The van der Waals surface area contributed by atoms with Crippen LogP contribution in [0.1, 0.15) is 26.2 Å². The molecular formula is C6H12FN. The van der Waals surface area contributed by atoms with Gasteiger partial charge in [-0.2, -0.15) is 0 Å². The lowest BCUT2D eigenvalue weighted by Crippen LogP contribution is -1.81. The van der Waals surface area contributed by atoms with Crippen molar-refractivity contribution in [1.82, 2.24) is 5.54 Å². The lowest BCUT2D eigenvalue weighted by Gasteiger charge is -1.85. The molecule has 0 atom stereocenters. The first-order valence-electron chi connectivity index (χ1n) is 2.93. The van der Waals surface area contributed by atoms with Crippen LogP contribution in [0.4, 0.5) is 4.48 Å². The minimum absolute atomic E-state index is 0.966. The number of unbranched alkanes of at least 4 members (excludes halogenated alkanes) is 2. The molecule has 0 heterocycles. The van der Waals surface area contributed by atoms with Gasteiger partial charge < -0.3 is 0 Å². The van der Waals surface area contributed by atoms with E-state index in [1.54, 1.807) is 6.08 Å². The van der Waals surface area contributed by atoms with Crippen molar-refractivity contribution in [3.05, 3.63) is 12.3 Å². The molecule has 0 radical (unpaired) electrons. The van der Waals surface area contributed by atoms with Crippen LogP contribution in [0.3, 0.4) is 0 Å². The maximum absolute atomic E-state index is 11.1. The van der Waals surface area contributed by atoms with Crippen molar-refractivity contribution >= 4 is 0 Å². The Morgan fingerprint density at radius 3 is 2.88 bits per heavy atom. The van der Waals surface area contributed by atoms with E-state index in [-0.39, 0.29) is 0 Å². The fraction of sp³-hybridized carbons (Fsp3) is 0.667. The fourth-order valence-electron chi connectivity index (χ4n) is 0.450. The van der Waals surface area contributed by atoms with E-state index in [0.29, 0.717) is 0 Å². The van der Waals surface area contributed by atoms with Crippen LogP contribution in [0.5, 0.6) is 0 Å². The van der Waals surface area contributed by atoms with Gasteiger partial charge in [0.25, 0.3) is 0 Å². The number of rotatable bonds is 4. The summed E-state index contributed by atoms with van der Waals surface area (Å²) in [6.45, 7) is 2.11. The van der Waals surface area contributed by atoms with Gasteiger partial charge in [-0.25, -0.2) is 5.54 Å². The number of hydrogen-bond acceptors (Lipinski definition) is 1. The second-order valence-corrected chi connectivity index (χ2v) is 1.65. The van der Waals surface area contributed by atoms with Crippen molar-refractivity contribution in [2.45, 2.75) is 26.2 Å². The predicted molar refractivity (Wildman–Crippen MR) is 32.9 cm³/mol. The van der Waals surface area contributed by atoms with E-state index >= 15 is 0 Å². The van der Waals surface area contributed by atoms with E-state index in [1.807, 2.05) is 0 Å². The zero-order valence-electron chi connectivity index (χ0n) is 5.15. The topological polar surface area (TPSA) is 12.0 Å². The first-order chi connectivity index (χ1) is 3.91. The van der Waals surface area contributed by atoms with Crippen LogP contribution in [-0.2, 0) is 0 Å². The number of allylic oxidation sites excluding steroid dienone is 1. The normalized spacial score (nSPS) is 10.2. The van der Waals surface area contributed by atoms with Crippen LogP contribution in [0, 0.1) is 0 Å². The van der Waals surface area contributed by atoms with Crippen molar-refractivity contribution in [1.29, 1.82) is 0 Å². The molecule has 0 unspecified atom stereocenters. The average Bonchev–Trinajstić information content (AvgIpc) is 1.81. The van der Waals surface area contributed by atoms with Gasteiger partial charge in [0.05, 0.1) is 0 Å². The minimum Gasteiger partial charge on any atom is -0.232 e. The molecule has 0 saturated heterocycles. The molecule has 0 amide bonds. The number of halogens is 1. The Bertz CT molecular complexity index is 61.5. The summed E-state index contributed by atoms with van der Waals surface area (Å²) in [6.07, 6.45) is 6.36. The van der Waals surface area contributed by atoms with Crippen molar-refractivity contribution < 1.29 is 4.48 Å². The highest BCUT2D eigenvalue weighted by molar-refractivity contribution is 4.75. The standard InChI is InChI=1S/C6H12FN/c1-2-3-4-5-6-8-7/h5-6,8H,2-4H2,1H3. The molecular weight excluding hydrogens is 105 g/mol. The summed E-state index contributed by atoms with van der Waals surface area (Å²) < 4.78 is 11.1. The molecule has 0 aromatic heterocycles. The Morgan fingerprint density at radius 1 is 1.62 bits per heavy atom. The summed E-state index contributed by atoms with van der Waals surface area (Å²) >= 11 is 0. The Kier molecular flexibility index (Phi) is 6.04. The third-order valence-electron chi connectivity index (χ3n) is 0.905. The van der Waals surface area contributed by atoms with Crippen LogP contribution in [0.15, 0.2) is 12.3 Å². The number of nitrogens with one attached hydrogen (secondary N) is 1. The molecule has 2 heteroatoms. The maximum atomic E-state index is 11.1. The quantitative estimate of drug-likeness (QED) is 0.439. The Labute approximate surface area is 49.5 Å². The largest absolute Gasteiger partial charge is 0.232 e. The summed E-state index contributed by atoms with van der Waals surface area (Å²) in [5.41, 5.74) is 1.45. The summed E-state index contributed by atoms with van der Waals surface area (Å²) in [5.74, 6) is 0. The average molecular weight is 117 g/mol. The molecule has 0 aliphatic heterocycles. The van der Waals surface area contributed by atoms with Crippen molar-refractivity contribution in [3.63, 3.8) is 0 Å². The third-order valence-corrected chi connectivity index (χ3v) is 0.905. The van der Waals surface area contributed by atoms with Crippen LogP contribution in [-0.4, -0.2) is 0 Å². The molecule has 0 fully saturated rings. The van der Waals surface area contributed by atoms with Gasteiger partial charge in [0.15, 0.2) is 0 Å². The minimum atomic E-state index is 0.966. The monoisotopic (exact) mass is 117 g/mol. The fourth-order valence-corrected chi connectivity index (χ4v) is 0.450. The molecule has 8 heavy (non-hydrogen) atoms. The summed E-state index contributed by atoms with van der Waals surface area (Å²) in [7, 11) is 0. The zero-order valence-corrected chi connectivity index (χ0v) is 5.15. The molecule has 0 rings (SSSR count). The van der Waals surface area contributed by atoms with Crippen LogP contribution >= 0.6 is 0 Å². The highest BCUT2D eigenvalue weighted by Gasteiger charge is 1.74. The highest BCUT2D eigenvalue weighted by Crippen LogP contribution is 1.93. The third kappa shape index (κ3) is 5.47. The first kappa shape index (κ1) is 7.47. The van der Waals surface area contributed by atoms with E-state index in [9.17, 15) is 4.48 Å². The van der Waals surface area contributed by atoms with Gasteiger partial charge in [-0.3, -0.25) is 0 Å². The van der Waals surface area contributed by atoms with Crippen molar-refractivity contribution in [2.24, 2.45) is 0 Å². The smallest absolute Gasteiger partial charge is 0.0254 e. The Balaban J connectivity index is 2.80. The molecule has 1 nitrogen and oxygen atoms in total. The highest BCUT2D eigenvalue weighted by atomic mass is 19.2. The Hall–Kier alpha value is -0.530. The van der Waals surface area contributed by atoms with E-state index in [1.165, 1.54) is 11.7 Å². The van der Waals surface area contributed by atoms with Gasteiger partial charge in [-0.15, -0.1) is 4.48 Å². The first-order valence-corrected chi connectivity index (χ1v) is 2.93. The van der Waals surface area contributed by atoms with Gasteiger partial charge >= 0.3 is 0 Å². The predicted octanol–water partition coefficient (Wildman–Crippen LogP) is 2.16. The molecule has 0 bridgehead atoms. The molecule has 0 saturated carbocycles. The SMILES string of the molecule is CCCCC=CNF. The molecule has 0 spiro atoms. The van der Waals surface area contributed by atoms with Gasteiger partial charge in [0.1, 0.15) is 0 Å². The lowest BCUT2D eigenvalue weighted by atomic mass is 10.2. The van der Waals surface area contributed by atoms with E-state index in [2.05, 4.69) is 6.92 Å². The van der Waals surface area contributed by atoms with Crippen molar-refractivity contribution in [3.8, 4) is 0 Å². The second-order valence-electron chi connectivity index (χ2n) is 1.65. The molecule has 0 aliphatic rings. The lowest BCUT2D eigenvalue weighted by molar-refractivity contribution is 0.406. The second kappa shape index (κ2) is 6.47. The van der Waals surface area contributed by atoms with Crippen LogP contribution in [0.25, 0.3) is 0 Å². The maximum Gasteiger partial charge on any atom is 0.0254 e. The van der Waals surface area contributed by atoms with Crippen LogP contribution < -0.4 is 5.54 Å². The molecule has 1 N–H and O–H groups in total. The summed E-state index contributed by atoms with van der Waals surface area (Å²) in [6, 6.07) is 0.